The van der Waals surface area contributed by atoms with Crippen molar-refractivity contribution in [1.29, 1.82) is 0 Å². The van der Waals surface area contributed by atoms with Crippen molar-refractivity contribution in [3.8, 4) is 11.1 Å². The summed E-state index contributed by atoms with van der Waals surface area (Å²) in [7, 11) is 0. The first-order chi connectivity index (χ1) is 16.2. The molecule has 0 aromatic heterocycles. The van der Waals surface area contributed by atoms with Gasteiger partial charge in [-0.1, -0.05) is 69.3 Å². The fraction of sp³-hybridized carbons (Fsp3) is 0.444. The maximum absolute atomic E-state index is 12.9. The van der Waals surface area contributed by atoms with Crippen molar-refractivity contribution in [2.75, 3.05) is 6.61 Å². The van der Waals surface area contributed by atoms with Gasteiger partial charge < -0.3 is 20.5 Å². The Morgan fingerprint density at radius 1 is 0.941 bits per heavy atom. The number of benzene rings is 2. The number of alkyl carbamates (subject to hydrolysis) is 1. The SMILES string of the molecule is CCC(CC(=O)O)NC(=O)C(C(C)C)C(C)NC(=O)OCC1c2ccccc2-c2ccccc21. The molecule has 0 radical (unpaired) electrons. The van der Waals surface area contributed by atoms with Crippen LogP contribution in [-0.2, 0) is 14.3 Å². The number of rotatable bonds is 10. The highest BCUT2D eigenvalue weighted by molar-refractivity contribution is 5.82. The molecule has 3 unspecified atom stereocenters. The number of fused-ring (bicyclic) bond motifs is 3. The highest BCUT2D eigenvalue weighted by atomic mass is 16.5. The van der Waals surface area contributed by atoms with Gasteiger partial charge in [0.05, 0.1) is 12.3 Å². The molecule has 0 spiro atoms. The molecule has 3 atom stereocenters. The third-order valence-corrected chi connectivity index (χ3v) is 6.51. The van der Waals surface area contributed by atoms with E-state index in [0.29, 0.717) is 6.42 Å². The number of hydrogen-bond acceptors (Lipinski definition) is 4. The molecule has 7 nitrogen and oxygen atoms in total. The van der Waals surface area contributed by atoms with Crippen LogP contribution in [0.5, 0.6) is 0 Å². The second kappa shape index (κ2) is 11.2. The third-order valence-electron chi connectivity index (χ3n) is 6.51. The van der Waals surface area contributed by atoms with E-state index in [1.807, 2.05) is 45.0 Å². The summed E-state index contributed by atoms with van der Waals surface area (Å²) in [4.78, 5) is 36.6. The normalized spacial score (nSPS) is 15.1. The van der Waals surface area contributed by atoms with Crippen molar-refractivity contribution < 1.29 is 24.2 Å². The largest absolute Gasteiger partial charge is 0.481 e. The molecule has 2 aromatic carbocycles. The first-order valence-electron chi connectivity index (χ1n) is 11.9. The van der Waals surface area contributed by atoms with Crippen LogP contribution in [0.3, 0.4) is 0 Å². The summed E-state index contributed by atoms with van der Waals surface area (Å²) >= 11 is 0. The Kier molecular flexibility index (Phi) is 8.31. The van der Waals surface area contributed by atoms with Crippen LogP contribution >= 0.6 is 0 Å². The Labute approximate surface area is 200 Å². The number of ether oxygens (including phenoxy) is 1. The van der Waals surface area contributed by atoms with Crippen molar-refractivity contribution in [2.45, 2.75) is 58.5 Å². The van der Waals surface area contributed by atoms with Crippen LogP contribution in [0.15, 0.2) is 48.5 Å². The average molecular weight is 467 g/mol. The van der Waals surface area contributed by atoms with Gasteiger partial charge in [-0.25, -0.2) is 4.79 Å². The number of carbonyl (C=O) groups excluding carboxylic acids is 2. The molecule has 182 valence electrons. The molecule has 34 heavy (non-hydrogen) atoms. The molecule has 2 aromatic rings. The van der Waals surface area contributed by atoms with Gasteiger partial charge in [0.1, 0.15) is 6.61 Å². The molecular weight excluding hydrogens is 432 g/mol. The van der Waals surface area contributed by atoms with Gasteiger partial charge in [0.2, 0.25) is 5.91 Å². The zero-order chi connectivity index (χ0) is 24.8. The maximum Gasteiger partial charge on any atom is 0.407 e. The second-order valence-electron chi connectivity index (χ2n) is 9.24. The molecule has 1 aliphatic rings. The summed E-state index contributed by atoms with van der Waals surface area (Å²) in [5.74, 6) is -1.86. The van der Waals surface area contributed by atoms with Crippen molar-refractivity contribution in [3.05, 3.63) is 59.7 Å². The summed E-state index contributed by atoms with van der Waals surface area (Å²) in [5, 5.41) is 14.7. The summed E-state index contributed by atoms with van der Waals surface area (Å²) in [5.41, 5.74) is 4.58. The predicted molar refractivity (Wildman–Crippen MR) is 130 cm³/mol. The minimum atomic E-state index is -0.960. The standard InChI is InChI=1S/C27H34N2O5/c1-5-18(14-24(30)31)29-26(32)25(16(2)3)17(4)28-27(33)34-15-23-21-12-8-6-10-19(21)20-11-7-9-13-22(20)23/h6-13,16-18,23,25H,5,14-15H2,1-4H3,(H,28,33)(H,29,32)(H,30,31). The molecule has 1 aliphatic carbocycles. The zero-order valence-corrected chi connectivity index (χ0v) is 20.2. The van der Waals surface area contributed by atoms with E-state index < -0.39 is 30.1 Å². The van der Waals surface area contributed by atoms with Gasteiger partial charge in [0.15, 0.2) is 0 Å². The Bertz CT molecular complexity index is 990. The van der Waals surface area contributed by atoms with Crippen LogP contribution in [0, 0.1) is 11.8 Å². The van der Waals surface area contributed by atoms with Crippen LogP contribution in [-0.4, -0.2) is 41.8 Å². The van der Waals surface area contributed by atoms with Crippen LogP contribution in [0.2, 0.25) is 0 Å². The fourth-order valence-corrected chi connectivity index (χ4v) is 4.83. The second-order valence-corrected chi connectivity index (χ2v) is 9.24. The van der Waals surface area contributed by atoms with E-state index in [1.54, 1.807) is 6.92 Å². The Hall–Kier alpha value is -3.35. The van der Waals surface area contributed by atoms with Crippen LogP contribution in [0.25, 0.3) is 11.1 Å². The first kappa shape index (κ1) is 25.3. The topological polar surface area (TPSA) is 105 Å². The minimum absolute atomic E-state index is 0.0426. The molecular formula is C27H34N2O5. The zero-order valence-electron chi connectivity index (χ0n) is 20.2. The summed E-state index contributed by atoms with van der Waals surface area (Å²) in [6.07, 6.45) is -0.205. The molecule has 0 bridgehead atoms. The van der Waals surface area contributed by atoms with E-state index in [-0.39, 0.29) is 30.8 Å². The molecule has 0 heterocycles. The number of carbonyl (C=O) groups is 3. The lowest BCUT2D eigenvalue weighted by molar-refractivity contribution is -0.138. The molecule has 7 heteroatoms. The number of hydrogen-bond donors (Lipinski definition) is 3. The smallest absolute Gasteiger partial charge is 0.407 e. The van der Waals surface area contributed by atoms with Gasteiger partial charge in [-0.15, -0.1) is 0 Å². The van der Waals surface area contributed by atoms with Gasteiger partial charge in [0, 0.05) is 18.0 Å². The molecule has 2 amide bonds. The monoisotopic (exact) mass is 466 g/mol. The first-order valence-corrected chi connectivity index (χ1v) is 11.9. The lowest BCUT2D eigenvalue weighted by Gasteiger charge is -2.29. The number of amides is 2. The quantitative estimate of drug-likeness (QED) is 0.476. The van der Waals surface area contributed by atoms with E-state index in [2.05, 4.69) is 34.9 Å². The maximum atomic E-state index is 12.9. The molecule has 3 N–H and O–H groups in total. The van der Waals surface area contributed by atoms with Crippen molar-refractivity contribution in [3.63, 3.8) is 0 Å². The van der Waals surface area contributed by atoms with Gasteiger partial charge in [-0.2, -0.15) is 0 Å². The van der Waals surface area contributed by atoms with Crippen LogP contribution in [0.4, 0.5) is 4.79 Å². The predicted octanol–water partition coefficient (Wildman–Crippen LogP) is 4.56. The highest BCUT2D eigenvalue weighted by Gasteiger charge is 2.32. The summed E-state index contributed by atoms with van der Waals surface area (Å²) < 4.78 is 5.62. The Morgan fingerprint density at radius 2 is 1.50 bits per heavy atom. The summed E-state index contributed by atoms with van der Waals surface area (Å²) in [6.45, 7) is 7.60. The highest BCUT2D eigenvalue weighted by Crippen LogP contribution is 2.44. The van der Waals surface area contributed by atoms with Crippen molar-refractivity contribution in [1.82, 2.24) is 10.6 Å². The number of aliphatic carboxylic acids is 1. The van der Waals surface area contributed by atoms with E-state index >= 15 is 0 Å². The van der Waals surface area contributed by atoms with Gasteiger partial charge in [-0.3, -0.25) is 9.59 Å². The van der Waals surface area contributed by atoms with E-state index in [4.69, 9.17) is 9.84 Å². The number of carboxylic acid groups (broad SMARTS) is 1. The molecule has 0 saturated heterocycles. The minimum Gasteiger partial charge on any atom is -0.481 e. The molecule has 0 saturated carbocycles. The Morgan fingerprint density at radius 3 is 2.00 bits per heavy atom. The van der Waals surface area contributed by atoms with Crippen LogP contribution < -0.4 is 10.6 Å². The molecule has 3 rings (SSSR count). The fourth-order valence-electron chi connectivity index (χ4n) is 4.83. The van der Waals surface area contributed by atoms with E-state index in [9.17, 15) is 14.4 Å². The van der Waals surface area contributed by atoms with Gasteiger partial charge in [0.25, 0.3) is 0 Å². The van der Waals surface area contributed by atoms with Gasteiger partial charge in [-0.05, 0) is 41.5 Å². The summed E-state index contributed by atoms with van der Waals surface area (Å²) in [6, 6.07) is 15.3. The molecule has 0 aliphatic heterocycles. The lowest BCUT2D eigenvalue weighted by Crippen LogP contribution is -2.50. The average Bonchev–Trinajstić information content (AvgIpc) is 3.10. The van der Waals surface area contributed by atoms with E-state index in [1.165, 1.54) is 0 Å². The van der Waals surface area contributed by atoms with Gasteiger partial charge >= 0.3 is 12.1 Å². The van der Waals surface area contributed by atoms with Crippen LogP contribution in [0.1, 0.15) is 57.6 Å². The lowest BCUT2D eigenvalue weighted by atomic mass is 9.88. The van der Waals surface area contributed by atoms with E-state index in [0.717, 1.165) is 22.3 Å². The van der Waals surface area contributed by atoms with Crippen molar-refractivity contribution in [2.24, 2.45) is 11.8 Å². The third kappa shape index (κ3) is 5.76. The number of nitrogens with one attached hydrogen (secondary N) is 2. The molecule has 0 fully saturated rings. The number of carboxylic acids is 1. The Balaban J connectivity index is 1.62. The van der Waals surface area contributed by atoms with Crippen molar-refractivity contribution >= 4 is 18.0 Å².